The predicted octanol–water partition coefficient (Wildman–Crippen LogP) is 4.18. The number of thioether (sulfide) groups is 1. The van der Waals surface area contributed by atoms with E-state index >= 15 is 0 Å². The van der Waals surface area contributed by atoms with E-state index in [1.807, 2.05) is 0 Å². The van der Waals surface area contributed by atoms with Gasteiger partial charge in [0.1, 0.15) is 11.4 Å². The molecule has 1 heterocycles. The van der Waals surface area contributed by atoms with Crippen LogP contribution in [-0.4, -0.2) is 44.4 Å². The average Bonchev–Trinajstić information content (AvgIpc) is 3.33. The molecule has 0 radical (unpaired) electrons. The molecule has 0 aliphatic carbocycles. The van der Waals surface area contributed by atoms with Gasteiger partial charge in [-0.3, -0.25) is 19.2 Å². The fourth-order valence-electron chi connectivity index (χ4n) is 4.54. The Kier molecular flexibility index (Phi) is 9.66. The molecule has 4 N–H and O–H groups in total. The van der Waals surface area contributed by atoms with E-state index in [0.29, 0.717) is 27.5 Å². The smallest absolute Gasteiger partial charge is 0.272 e. The highest BCUT2D eigenvalue weighted by atomic mass is 32.2. The fourth-order valence-corrected chi connectivity index (χ4v) is 6.11. The lowest BCUT2D eigenvalue weighted by atomic mass is 10.1. The first-order valence-corrected chi connectivity index (χ1v) is 16.2. The van der Waals surface area contributed by atoms with Crippen molar-refractivity contribution in [2.45, 2.75) is 21.5 Å². The number of benzene rings is 4. The summed E-state index contributed by atoms with van der Waals surface area (Å²) in [6.45, 7) is 0. The molecule has 46 heavy (non-hydrogen) atoms. The molecule has 0 aromatic heterocycles. The van der Waals surface area contributed by atoms with Gasteiger partial charge in [0.15, 0.2) is 0 Å². The molecule has 1 aliphatic rings. The first kappa shape index (κ1) is 32.2. The number of rotatable bonds is 10. The summed E-state index contributed by atoms with van der Waals surface area (Å²) < 4.78 is 28.3. The second kappa shape index (κ2) is 13.8. The van der Waals surface area contributed by atoms with Crippen molar-refractivity contribution in [2.75, 3.05) is 17.3 Å². The summed E-state index contributed by atoms with van der Waals surface area (Å²) in [6.07, 6.45) is 1.51. The monoisotopic (exact) mass is 656 g/mol. The van der Waals surface area contributed by atoms with Crippen LogP contribution in [0.3, 0.4) is 0 Å². The van der Waals surface area contributed by atoms with Gasteiger partial charge in [-0.15, -0.1) is 11.8 Å². The van der Waals surface area contributed by atoms with Crippen LogP contribution < -0.4 is 25.4 Å². The number of nitrogens with one attached hydrogen (secondary N) is 2. The number of sulfonamides is 1. The first-order chi connectivity index (χ1) is 22.0. The van der Waals surface area contributed by atoms with Crippen LogP contribution in [0.15, 0.2) is 119 Å². The average molecular weight is 657 g/mol. The molecular formula is C33H28N4O7S2. The number of imide groups is 1. The number of hydrogen-bond acceptors (Lipinski definition) is 8. The molecule has 13 heteroatoms. The highest BCUT2D eigenvalue weighted by Gasteiger charge is 2.40. The molecule has 1 unspecified atom stereocenters. The molecule has 11 nitrogen and oxygen atoms in total. The highest BCUT2D eigenvalue weighted by Crippen LogP contribution is 2.34. The number of hydrogen-bond donors (Lipinski definition) is 3. The Hall–Kier alpha value is -5.24. The molecule has 1 saturated heterocycles. The van der Waals surface area contributed by atoms with Crippen LogP contribution in [0.2, 0.25) is 0 Å². The van der Waals surface area contributed by atoms with Crippen molar-refractivity contribution in [2.24, 2.45) is 5.14 Å². The number of methoxy groups -OCH3 is 1. The van der Waals surface area contributed by atoms with Gasteiger partial charge in [-0.25, -0.2) is 18.5 Å². The minimum absolute atomic E-state index is 0.0183. The molecule has 0 bridgehead atoms. The van der Waals surface area contributed by atoms with Crippen LogP contribution in [0.5, 0.6) is 5.75 Å². The lowest BCUT2D eigenvalue weighted by molar-refractivity contribution is -0.121. The van der Waals surface area contributed by atoms with Crippen LogP contribution in [0.1, 0.15) is 22.3 Å². The lowest BCUT2D eigenvalue weighted by Crippen LogP contribution is -2.31. The zero-order chi connectivity index (χ0) is 32.8. The van der Waals surface area contributed by atoms with E-state index in [0.717, 1.165) is 4.90 Å². The zero-order valence-electron chi connectivity index (χ0n) is 24.4. The predicted molar refractivity (Wildman–Crippen MR) is 175 cm³/mol. The zero-order valence-corrected chi connectivity index (χ0v) is 26.0. The Bertz CT molecular complexity index is 1910. The lowest BCUT2D eigenvalue weighted by Gasteiger charge is -2.15. The van der Waals surface area contributed by atoms with Crippen molar-refractivity contribution in [1.29, 1.82) is 0 Å². The van der Waals surface area contributed by atoms with E-state index in [1.165, 1.54) is 36.0 Å². The summed E-state index contributed by atoms with van der Waals surface area (Å²) in [6, 6.07) is 27.4. The van der Waals surface area contributed by atoms with Crippen LogP contribution in [-0.2, 0) is 24.4 Å². The molecule has 1 fully saturated rings. The van der Waals surface area contributed by atoms with Crippen molar-refractivity contribution >= 4 is 62.9 Å². The van der Waals surface area contributed by atoms with Crippen molar-refractivity contribution in [3.8, 4) is 5.75 Å². The number of anilines is 2. The summed E-state index contributed by atoms with van der Waals surface area (Å²) >= 11 is 1.19. The number of carbonyl (C=O) groups is 4. The van der Waals surface area contributed by atoms with Crippen LogP contribution in [0.25, 0.3) is 6.08 Å². The van der Waals surface area contributed by atoms with Crippen LogP contribution in [0, 0.1) is 0 Å². The summed E-state index contributed by atoms with van der Waals surface area (Å²) in [4.78, 5) is 53.6. The molecular weight excluding hydrogens is 629 g/mol. The molecule has 0 saturated carbocycles. The first-order valence-electron chi connectivity index (χ1n) is 13.8. The van der Waals surface area contributed by atoms with Crippen LogP contribution in [0.4, 0.5) is 11.4 Å². The van der Waals surface area contributed by atoms with Gasteiger partial charge in [0.2, 0.25) is 21.8 Å². The van der Waals surface area contributed by atoms with E-state index in [1.54, 1.807) is 92.0 Å². The summed E-state index contributed by atoms with van der Waals surface area (Å²) in [5, 5.41) is 9.91. The number of ether oxygens (including phenoxy) is 1. The molecule has 4 amide bonds. The third-order valence-electron chi connectivity index (χ3n) is 6.87. The SMILES string of the molecule is COc1ccc(/C=C(\NC(=O)c2ccccc2)C(=O)Nc2ccc(SC3CC(=O)N(c4ccc(S(N)(=O)=O)cc4)C3=O)cc2)cc1. The van der Waals surface area contributed by atoms with E-state index in [2.05, 4.69) is 10.6 Å². The number of amides is 4. The Morgan fingerprint density at radius 3 is 2.17 bits per heavy atom. The second-order valence-corrected chi connectivity index (χ2v) is 12.9. The maximum Gasteiger partial charge on any atom is 0.272 e. The van der Waals surface area contributed by atoms with Gasteiger partial charge in [0.25, 0.3) is 11.8 Å². The number of primary sulfonamides is 1. The minimum atomic E-state index is -3.92. The third-order valence-corrected chi connectivity index (χ3v) is 9.00. The largest absolute Gasteiger partial charge is 0.497 e. The molecule has 4 aromatic rings. The van der Waals surface area contributed by atoms with Gasteiger partial charge in [-0.2, -0.15) is 0 Å². The molecule has 0 spiro atoms. The van der Waals surface area contributed by atoms with Gasteiger partial charge in [0, 0.05) is 22.6 Å². The standard InChI is InChI=1S/C33H28N4O7S2/c1-44-25-13-7-21(8-14-25)19-28(36-31(39)22-5-3-2-4-6-22)32(40)35-23-9-15-26(16-10-23)45-29-20-30(38)37(33(29)41)24-11-17-27(18-12-24)46(34,42)43/h2-19,29H,20H2,1H3,(H,35,40)(H,36,39)(H2,34,42,43)/b28-19-. The normalized spacial score (nSPS) is 15.0. The van der Waals surface area contributed by atoms with Crippen molar-refractivity contribution in [3.05, 3.63) is 120 Å². The molecule has 234 valence electrons. The van der Waals surface area contributed by atoms with Gasteiger partial charge in [0.05, 0.1) is 22.9 Å². The maximum absolute atomic E-state index is 13.3. The van der Waals surface area contributed by atoms with Crippen molar-refractivity contribution in [1.82, 2.24) is 5.32 Å². The number of carbonyl (C=O) groups excluding carboxylic acids is 4. The number of nitrogens with two attached hydrogens (primary N) is 1. The molecule has 1 atom stereocenters. The molecule has 5 rings (SSSR count). The number of nitrogens with zero attached hydrogens (tertiary/aromatic N) is 1. The van der Waals surface area contributed by atoms with Gasteiger partial charge < -0.3 is 15.4 Å². The second-order valence-electron chi connectivity index (χ2n) is 10.0. The van der Waals surface area contributed by atoms with Crippen LogP contribution >= 0.6 is 11.8 Å². The third kappa shape index (κ3) is 7.69. The Balaban J connectivity index is 1.27. The minimum Gasteiger partial charge on any atom is -0.497 e. The summed E-state index contributed by atoms with van der Waals surface area (Å²) in [7, 11) is -2.37. The summed E-state index contributed by atoms with van der Waals surface area (Å²) in [5.74, 6) is -1.21. The van der Waals surface area contributed by atoms with Crippen molar-refractivity contribution < 1.29 is 32.3 Å². The maximum atomic E-state index is 13.3. The highest BCUT2D eigenvalue weighted by molar-refractivity contribution is 8.00. The van der Waals surface area contributed by atoms with E-state index in [9.17, 15) is 27.6 Å². The van der Waals surface area contributed by atoms with Gasteiger partial charge in [-0.05, 0) is 84.4 Å². The fraction of sp³-hybridized carbons (Fsp3) is 0.0909. The molecule has 1 aliphatic heterocycles. The Morgan fingerprint density at radius 2 is 1.57 bits per heavy atom. The topological polar surface area (TPSA) is 165 Å². The Labute approximate surface area is 269 Å². The molecule has 4 aromatic carbocycles. The summed E-state index contributed by atoms with van der Waals surface area (Å²) in [5.41, 5.74) is 1.76. The van der Waals surface area contributed by atoms with Gasteiger partial charge >= 0.3 is 0 Å². The van der Waals surface area contributed by atoms with E-state index in [-0.39, 0.29) is 22.7 Å². The Morgan fingerprint density at radius 1 is 0.913 bits per heavy atom. The quantitative estimate of drug-likeness (QED) is 0.169. The van der Waals surface area contributed by atoms with E-state index < -0.39 is 38.9 Å². The van der Waals surface area contributed by atoms with Crippen molar-refractivity contribution in [3.63, 3.8) is 0 Å². The van der Waals surface area contributed by atoms with Gasteiger partial charge in [-0.1, -0.05) is 30.3 Å². The van der Waals surface area contributed by atoms with E-state index in [4.69, 9.17) is 9.88 Å².